The Kier molecular flexibility index (Phi) is 7.91. The molecule has 0 amide bonds. The van der Waals surface area contributed by atoms with E-state index in [1.165, 1.54) is 16.7 Å². The Morgan fingerprint density at radius 2 is 1.82 bits per heavy atom. The summed E-state index contributed by atoms with van der Waals surface area (Å²) in [5.41, 5.74) is 9.77. The number of rotatable bonds is 9. The molecule has 3 N–H and O–H groups in total. The van der Waals surface area contributed by atoms with Crippen LogP contribution in [0.2, 0.25) is 0 Å². The monoisotopic (exact) mass is 307 g/mol. The fourth-order valence-electron chi connectivity index (χ4n) is 2.91. The van der Waals surface area contributed by atoms with Crippen molar-refractivity contribution in [1.82, 2.24) is 0 Å². The van der Waals surface area contributed by atoms with E-state index in [0.717, 1.165) is 31.6 Å². The molecular formula is C19H33NO2. The fraction of sp³-hybridized carbons (Fsp3) is 0.684. The maximum absolute atomic E-state index is 10.3. The first-order valence-electron chi connectivity index (χ1n) is 8.58. The number of hydrogen-bond acceptors (Lipinski definition) is 3. The molecule has 3 nitrogen and oxygen atoms in total. The first-order valence-corrected chi connectivity index (χ1v) is 8.58. The Morgan fingerprint density at radius 1 is 1.14 bits per heavy atom. The van der Waals surface area contributed by atoms with Crippen LogP contribution in [0.5, 0.6) is 5.75 Å². The molecule has 0 bridgehead atoms. The Hall–Kier alpha value is -1.06. The molecule has 0 heterocycles. The predicted molar refractivity (Wildman–Crippen MR) is 93.6 cm³/mol. The average molecular weight is 307 g/mol. The minimum atomic E-state index is -0.439. The molecule has 3 heteroatoms. The van der Waals surface area contributed by atoms with Gasteiger partial charge in [0.15, 0.2) is 0 Å². The average Bonchev–Trinajstić information content (AvgIpc) is 2.48. The lowest BCUT2D eigenvalue weighted by Crippen LogP contribution is -2.35. The Labute approximate surface area is 135 Å². The summed E-state index contributed by atoms with van der Waals surface area (Å²) in [5.74, 6) is 1.26. The first kappa shape index (κ1) is 19.0. The zero-order chi connectivity index (χ0) is 16.7. The molecule has 0 aromatic heterocycles. The molecule has 22 heavy (non-hydrogen) atoms. The highest BCUT2D eigenvalue weighted by Gasteiger charge is 2.20. The van der Waals surface area contributed by atoms with Gasteiger partial charge in [0.05, 0.1) is 12.7 Å². The summed E-state index contributed by atoms with van der Waals surface area (Å²) in [7, 11) is 0. The highest BCUT2D eigenvalue weighted by molar-refractivity contribution is 5.44. The summed E-state index contributed by atoms with van der Waals surface area (Å²) in [6.07, 6.45) is 3.16. The molecule has 0 aliphatic heterocycles. The molecule has 126 valence electrons. The second-order valence-electron chi connectivity index (χ2n) is 6.41. The molecular weight excluding hydrogens is 274 g/mol. The summed E-state index contributed by atoms with van der Waals surface area (Å²) in [4.78, 5) is 0. The fourth-order valence-corrected chi connectivity index (χ4v) is 2.91. The van der Waals surface area contributed by atoms with Gasteiger partial charge in [0.25, 0.3) is 0 Å². The molecule has 1 aromatic carbocycles. The number of aliphatic hydroxyl groups excluding tert-OH is 1. The lowest BCUT2D eigenvalue weighted by atomic mass is 9.87. The molecule has 0 saturated heterocycles. The van der Waals surface area contributed by atoms with Gasteiger partial charge in [-0.1, -0.05) is 33.3 Å². The molecule has 0 saturated carbocycles. The zero-order valence-corrected chi connectivity index (χ0v) is 14.9. The van der Waals surface area contributed by atoms with E-state index in [4.69, 9.17) is 10.5 Å². The zero-order valence-electron chi connectivity index (χ0n) is 14.9. The molecule has 0 spiro atoms. The Bertz CT molecular complexity index is 459. The third-order valence-electron chi connectivity index (χ3n) is 4.48. The van der Waals surface area contributed by atoms with E-state index in [9.17, 15) is 5.11 Å². The van der Waals surface area contributed by atoms with E-state index >= 15 is 0 Å². The van der Waals surface area contributed by atoms with Crippen LogP contribution in [0.25, 0.3) is 0 Å². The second kappa shape index (κ2) is 9.16. The summed E-state index contributed by atoms with van der Waals surface area (Å²) < 4.78 is 5.78. The van der Waals surface area contributed by atoms with Gasteiger partial charge in [0, 0.05) is 6.04 Å². The van der Waals surface area contributed by atoms with Crippen LogP contribution in [0, 0.1) is 13.8 Å². The molecule has 0 fully saturated rings. The van der Waals surface area contributed by atoms with E-state index in [2.05, 4.69) is 46.8 Å². The molecule has 3 unspecified atom stereocenters. The molecule has 1 aromatic rings. The van der Waals surface area contributed by atoms with Crippen molar-refractivity contribution in [3.8, 4) is 5.75 Å². The number of hydrogen-bond donors (Lipinski definition) is 2. The van der Waals surface area contributed by atoms with E-state index in [-0.39, 0.29) is 12.0 Å². The van der Waals surface area contributed by atoms with Crippen LogP contribution >= 0.6 is 0 Å². The minimum Gasteiger partial charge on any atom is -0.493 e. The van der Waals surface area contributed by atoms with Gasteiger partial charge in [0.2, 0.25) is 0 Å². The van der Waals surface area contributed by atoms with Crippen LogP contribution in [0.15, 0.2) is 12.1 Å². The van der Waals surface area contributed by atoms with Crippen LogP contribution in [0.1, 0.15) is 69.1 Å². The standard InChI is InChI=1S/C19H33NO2/c1-6-8-17(20)18(21)12-13(3)16-9-10-19(22-11-7-2)15(5)14(16)4/h9-10,13,17-18,21H,6-8,11-12,20H2,1-5H3. The maximum atomic E-state index is 10.3. The number of ether oxygens (including phenoxy) is 1. The number of aliphatic hydroxyl groups is 1. The molecule has 3 atom stereocenters. The van der Waals surface area contributed by atoms with Crippen LogP contribution < -0.4 is 10.5 Å². The van der Waals surface area contributed by atoms with Gasteiger partial charge < -0.3 is 15.6 Å². The second-order valence-corrected chi connectivity index (χ2v) is 6.41. The number of nitrogens with two attached hydrogens (primary N) is 1. The number of benzene rings is 1. The smallest absolute Gasteiger partial charge is 0.122 e. The summed E-state index contributed by atoms with van der Waals surface area (Å²) in [6.45, 7) is 11.4. The van der Waals surface area contributed by atoms with E-state index in [1.54, 1.807) is 0 Å². The highest BCUT2D eigenvalue weighted by Crippen LogP contribution is 2.31. The van der Waals surface area contributed by atoms with Crippen LogP contribution in [-0.4, -0.2) is 23.9 Å². The van der Waals surface area contributed by atoms with E-state index < -0.39 is 6.10 Å². The lowest BCUT2D eigenvalue weighted by molar-refractivity contribution is 0.124. The normalized spacial score (nSPS) is 15.4. The Morgan fingerprint density at radius 3 is 2.41 bits per heavy atom. The topological polar surface area (TPSA) is 55.5 Å². The van der Waals surface area contributed by atoms with Crippen LogP contribution in [-0.2, 0) is 0 Å². The molecule has 0 radical (unpaired) electrons. The van der Waals surface area contributed by atoms with Crippen molar-refractivity contribution in [2.24, 2.45) is 5.73 Å². The van der Waals surface area contributed by atoms with Crippen molar-refractivity contribution < 1.29 is 9.84 Å². The van der Waals surface area contributed by atoms with Crippen molar-refractivity contribution in [3.63, 3.8) is 0 Å². The first-order chi connectivity index (χ1) is 10.4. The van der Waals surface area contributed by atoms with E-state index in [1.807, 2.05) is 0 Å². The van der Waals surface area contributed by atoms with Crippen molar-refractivity contribution in [3.05, 3.63) is 28.8 Å². The quantitative estimate of drug-likeness (QED) is 0.723. The predicted octanol–water partition coefficient (Wildman–Crippen LogP) is 4.07. The van der Waals surface area contributed by atoms with Gasteiger partial charge in [-0.2, -0.15) is 0 Å². The van der Waals surface area contributed by atoms with Crippen molar-refractivity contribution in [1.29, 1.82) is 0 Å². The Balaban J connectivity index is 2.81. The summed E-state index contributed by atoms with van der Waals surface area (Å²) in [6, 6.07) is 4.07. The summed E-state index contributed by atoms with van der Waals surface area (Å²) >= 11 is 0. The van der Waals surface area contributed by atoms with Crippen LogP contribution in [0.3, 0.4) is 0 Å². The van der Waals surface area contributed by atoms with Gasteiger partial charge in [-0.05, 0) is 61.8 Å². The third kappa shape index (κ3) is 4.99. The van der Waals surface area contributed by atoms with E-state index in [0.29, 0.717) is 6.42 Å². The molecule has 0 aliphatic rings. The maximum Gasteiger partial charge on any atom is 0.122 e. The van der Waals surface area contributed by atoms with Crippen molar-refractivity contribution in [2.75, 3.05) is 6.61 Å². The van der Waals surface area contributed by atoms with Gasteiger partial charge in [-0.15, -0.1) is 0 Å². The minimum absolute atomic E-state index is 0.124. The third-order valence-corrected chi connectivity index (χ3v) is 4.48. The lowest BCUT2D eigenvalue weighted by Gasteiger charge is -2.24. The van der Waals surface area contributed by atoms with Gasteiger partial charge >= 0.3 is 0 Å². The molecule has 0 aliphatic carbocycles. The molecule has 1 rings (SSSR count). The van der Waals surface area contributed by atoms with Gasteiger partial charge in [0.1, 0.15) is 5.75 Å². The summed E-state index contributed by atoms with van der Waals surface area (Å²) in [5, 5.41) is 10.3. The SMILES string of the molecule is CCCOc1ccc(C(C)CC(O)C(N)CCC)c(C)c1C. The van der Waals surface area contributed by atoms with Crippen molar-refractivity contribution >= 4 is 0 Å². The highest BCUT2D eigenvalue weighted by atomic mass is 16.5. The van der Waals surface area contributed by atoms with Crippen LogP contribution in [0.4, 0.5) is 0 Å². The van der Waals surface area contributed by atoms with Gasteiger partial charge in [-0.3, -0.25) is 0 Å². The largest absolute Gasteiger partial charge is 0.493 e. The van der Waals surface area contributed by atoms with Crippen molar-refractivity contribution in [2.45, 2.75) is 78.4 Å². The van der Waals surface area contributed by atoms with Gasteiger partial charge in [-0.25, -0.2) is 0 Å².